The Morgan fingerprint density at radius 1 is 1.04 bits per heavy atom. The van der Waals surface area contributed by atoms with Crippen molar-refractivity contribution in [2.75, 3.05) is 32.7 Å². The highest BCUT2D eigenvalue weighted by Gasteiger charge is 2.28. The van der Waals surface area contributed by atoms with Gasteiger partial charge in [-0.2, -0.15) is 4.98 Å². The van der Waals surface area contributed by atoms with Crippen molar-refractivity contribution in [1.82, 2.24) is 4.98 Å². The average Bonchev–Trinajstić information content (AvgIpc) is 3.14. The summed E-state index contributed by atoms with van der Waals surface area (Å²) in [4.78, 5) is 4.41. The number of ether oxygens (including phenoxy) is 2. The van der Waals surface area contributed by atoms with Crippen LogP contribution in [0.25, 0.3) is 11.5 Å². The maximum absolute atomic E-state index is 13.0. The number of hydrogen-bond acceptors (Lipinski definition) is 7. The minimum Gasteiger partial charge on any atom is -0.497 e. The molecule has 1 N–H and O–H groups in total. The molecule has 1 heterocycles. The molecule has 142 valence electrons. The lowest BCUT2D eigenvalue weighted by Gasteiger charge is -2.05. The van der Waals surface area contributed by atoms with E-state index in [0.717, 1.165) is 0 Å². The van der Waals surface area contributed by atoms with Gasteiger partial charge in [-0.25, -0.2) is 8.42 Å². The fourth-order valence-corrected chi connectivity index (χ4v) is 3.73. The molecular formula is C19H20N2O5S. The number of nitrogens with one attached hydrogen (secondary N) is 1. The monoisotopic (exact) mass is 388 g/mol. The Hall–Kier alpha value is -2.84. The highest BCUT2D eigenvalue weighted by Crippen LogP contribution is 2.32. The summed E-state index contributed by atoms with van der Waals surface area (Å²) in [6.45, 7) is 0.772. The van der Waals surface area contributed by atoms with Gasteiger partial charge >= 0.3 is 0 Å². The number of aromatic nitrogens is 1. The summed E-state index contributed by atoms with van der Waals surface area (Å²) >= 11 is 0. The summed E-state index contributed by atoms with van der Waals surface area (Å²) in [6, 6.07) is 15.1. The van der Waals surface area contributed by atoms with E-state index in [2.05, 4.69) is 10.3 Å². The van der Waals surface area contributed by atoms with Gasteiger partial charge in [0.2, 0.25) is 26.6 Å². The zero-order valence-electron chi connectivity index (χ0n) is 15.0. The number of nitrogens with zero attached hydrogens (tertiary/aromatic N) is 1. The zero-order chi connectivity index (χ0) is 19.3. The summed E-state index contributed by atoms with van der Waals surface area (Å²) in [6.07, 6.45) is 0. The molecule has 0 aliphatic heterocycles. The maximum atomic E-state index is 13.0. The highest BCUT2D eigenvalue weighted by atomic mass is 32.2. The second kappa shape index (κ2) is 8.24. The van der Waals surface area contributed by atoms with E-state index in [1.165, 1.54) is 12.1 Å². The third-order valence-corrected chi connectivity index (χ3v) is 5.51. The number of rotatable bonds is 8. The van der Waals surface area contributed by atoms with Gasteiger partial charge in [0.25, 0.3) is 0 Å². The highest BCUT2D eigenvalue weighted by molar-refractivity contribution is 7.91. The van der Waals surface area contributed by atoms with Crippen molar-refractivity contribution in [3.63, 3.8) is 0 Å². The number of oxazole rings is 1. The third-order valence-electron chi connectivity index (χ3n) is 3.83. The molecule has 0 unspecified atom stereocenters. The molecule has 1 aromatic heterocycles. The summed E-state index contributed by atoms with van der Waals surface area (Å²) in [7, 11) is -0.706. The van der Waals surface area contributed by atoms with Crippen LogP contribution < -0.4 is 10.1 Å². The average molecular weight is 388 g/mol. The summed E-state index contributed by atoms with van der Waals surface area (Å²) in [5, 5.41) is 2.79. The molecule has 0 aliphatic carbocycles. The first kappa shape index (κ1) is 18.9. The summed E-state index contributed by atoms with van der Waals surface area (Å²) in [5.74, 6) is 0.967. The van der Waals surface area contributed by atoms with Gasteiger partial charge in [-0.1, -0.05) is 18.2 Å². The van der Waals surface area contributed by atoms with Gasteiger partial charge in [-0.15, -0.1) is 0 Å². The van der Waals surface area contributed by atoms with Crippen molar-refractivity contribution in [2.24, 2.45) is 0 Å². The Kier molecular flexibility index (Phi) is 5.78. The van der Waals surface area contributed by atoms with E-state index in [-0.39, 0.29) is 21.7 Å². The van der Waals surface area contributed by atoms with Crippen molar-refractivity contribution in [3.8, 4) is 17.2 Å². The quantitative estimate of drug-likeness (QED) is 0.592. The molecule has 27 heavy (non-hydrogen) atoms. The zero-order valence-corrected chi connectivity index (χ0v) is 15.8. The fourth-order valence-electron chi connectivity index (χ4n) is 2.43. The smallest absolute Gasteiger partial charge is 0.233 e. The second-order valence-electron chi connectivity index (χ2n) is 5.62. The Bertz CT molecular complexity index is 983. The van der Waals surface area contributed by atoms with E-state index in [1.54, 1.807) is 56.7 Å². The lowest BCUT2D eigenvalue weighted by Crippen LogP contribution is -2.11. The second-order valence-corrected chi connectivity index (χ2v) is 7.48. The van der Waals surface area contributed by atoms with Gasteiger partial charge in [0.15, 0.2) is 0 Å². The number of benzene rings is 2. The van der Waals surface area contributed by atoms with Crippen molar-refractivity contribution >= 4 is 15.7 Å². The van der Waals surface area contributed by atoms with Gasteiger partial charge in [0.1, 0.15) is 5.75 Å². The number of anilines is 1. The van der Waals surface area contributed by atoms with Crippen LogP contribution in [-0.4, -0.2) is 40.8 Å². The fraction of sp³-hybridized carbons (Fsp3) is 0.211. The van der Waals surface area contributed by atoms with Crippen molar-refractivity contribution in [2.45, 2.75) is 9.92 Å². The van der Waals surface area contributed by atoms with Crippen molar-refractivity contribution in [1.29, 1.82) is 0 Å². The van der Waals surface area contributed by atoms with Crippen LogP contribution in [0, 0.1) is 0 Å². The molecule has 0 aliphatic rings. The number of methoxy groups -OCH3 is 2. The molecule has 0 bridgehead atoms. The first-order valence-corrected chi connectivity index (χ1v) is 9.73. The summed E-state index contributed by atoms with van der Waals surface area (Å²) < 4.78 is 41.9. The van der Waals surface area contributed by atoms with E-state index in [9.17, 15) is 8.42 Å². The van der Waals surface area contributed by atoms with Crippen LogP contribution in [0.4, 0.5) is 5.88 Å². The molecule has 3 aromatic rings. The molecule has 7 nitrogen and oxygen atoms in total. The molecule has 0 radical (unpaired) electrons. The summed E-state index contributed by atoms with van der Waals surface area (Å²) in [5.41, 5.74) is 0.639. The first-order chi connectivity index (χ1) is 13.1. The van der Waals surface area contributed by atoms with Gasteiger partial charge in [-0.3, -0.25) is 0 Å². The minimum absolute atomic E-state index is 0.0849. The number of sulfone groups is 1. The van der Waals surface area contributed by atoms with Crippen molar-refractivity contribution < 1.29 is 22.3 Å². The molecule has 0 spiro atoms. The number of hydrogen-bond donors (Lipinski definition) is 1. The van der Waals surface area contributed by atoms with E-state index in [1.807, 2.05) is 0 Å². The molecule has 0 amide bonds. The van der Waals surface area contributed by atoms with Crippen LogP contribution in [0.2, 0.25) is 0 Å². The lowest BCUT2D eigenvalue weighted by atomic mass is 10.2. The van der Waals surface area contributed by atoms with Crippen LogP contribution in [0.1, 0.15) is 0 Å². The molecule has 0 saturated heterocycles. The van der Waals surface area contributed by atoms with Gasteiger partial charge in [0.05, 0.1) is 18.6 Å². The Morgan fingerprint density at radius 3 is 2.37 bits per heavy atom. The molecule has 0 fully saturated rings. The Labute approximate surface area is 157 Å². The van der Waals surface area contributed by atoms with E-state index >= 15 is 0 Å². The van der Waals surface area contributed by atoms with Crippen LogP contribution in [0.3, 0.4) is 0 Å². The molecule has 0 atom stereocenters. The predicted molar refractivity (Wildman–Crippen MR) is 101 cm³/mol. The van der Waals surface area contributed by atoms with Gasteiger partial charge in [0, 0.05) is 19.2 Å². The largest absolute Gasteiger partial charge is 0.497 e. The van der Waals surface area contributed by atoms with Crippen LogP contribution in [-0.2, 0) is 14.6 Å². The topological polar surface area (TPSA) is 90.7 Å². The van der Waals surface area contributed by atoms with E-state index < -0.39 is 9.84 Å². The SMILES string of the molecule is COCCNc1oc(-c2ccc(OC)cc2)nc1S(=O)(=O)c1ccccc1. The molecule has 2 aromatic carbocycles. The van der Waals surface area contributed by atoms with Crippen LogP contribution >= 0.6 is 0 Å². The van der Waals surface area contributed by atoms with Gasteiger partial charge < -0.3 is 19.2 Å². The standard InChI is InChI=1S/C19H20N2O5S/c1-24-13-12-20-18-19(27(22,23)16-6-4-3-5-7-16)21-17(26-18)14-8-10-15(25-2)11-9-14/h3-11,20H,12-13H2,1-2H3. The minimum atomic E-state index is -3.84. The predicted octanol–water partition coefficient (Wildman–Crippen LogP) is 3.24. The third kappa shape index (κ3) is 4.12. The Morgan fingerprint density at radius 2 is 1.74 bits per heavy atom. The maximum Gasteiger partial charge on any atom is 0.233 e. The van der Waals surface area contributed by atoms with Gasteiger partial charge in [-0.05, 0) is 36.4 Å². The molecule has 8 heteroatoms. The van der Waals surface area contributed by atoms with Crippen LogP contribution in [0.5, 0.6) is 5.75 Å². The molecule has 0 saturated carbocycles. The molecule has 3 rings (SSSR count). The van der Waals surface area contributed by atoms with Crippen LogP contribution in [0.15, 0.2) is 68.9 Å². The molecular weight excluding hydrogens is 368 g/mol. The van der Waals surface area contributed by atoms with E-state index in [0.29, 0.717) is 24.5 Å². The Balaban J connectivity index is 2.04. The van der Waals surface area contributed by atoms with E-state index in [4.69, 9.17) is 13.9 Å². The van der Waals surface area contributed by atoms with Crippen molar-refractivity contribution in [3.05, 3.63) is 54.6 Å². The lowest BCUT2D eigenvalue weighted by molar-refractivity contribution is 0.210. The normalized spacial score (nSPS) is 11.3. The first-order valence-electron chi connectivity index (χ1n) is 8.24.